The van der Waals surface area contributed by atoms with E-state index in [4.69, 9.17) is 0 Å². The van der Waals surface area contributed by atoms with Crippen LogP contribution in [0.1, 0.15) is 17.9 Å². The summed E-state index contributed by atoms with van der Waals surface area (Å²) < 4.78 is 1.03. The molecule has 17 heavy (non-hydrogen) atoms. The molecule has 92 valence electrons. The van der Waals surface area contributed by atoms with Gasteiger partial charge in [0.15, 0.2) is 0 Å². The Kier molecular flexibility index (Phi) is 3.84. The lowest BCUT2D eigenvalue weighted by Crippen LogP contribution is -2.40. The maximum absolute atomic E-state index is 11.3. The fraction of sp³-hybridized carbons (Fsp3) is 0.462. The lowest BCUT2D eigenvalue weighted by molar-refractivity contribution is -0.144. The molecule has 1 aromatic rings. The normalized spacial score (nSPS) is 25.8. The van der Waals surface area contributed by atoms with Gasteiger partial charge in [-0.2, -0.15) is 0 Å². The molecule has 0 unspecified atom stereocenters. The third-order valence-electron chi connectivity index (χ3n) is 3.43. The first kappa shape index (κ1) is 12.6. The maximum atomic E-state index is 11.3. The minimum atomic E-state index is -0.690. The molecule has 1 aromatic carbocycles. The Labute approximate surface area is 110 Å². The monoisotopic (exact) mass is 297 g/mol. The van der Waals surface area contributed by atoms with Crippen molar-refractivity contribution in [3.63, 3.8) is 0 Å². The van der Waals surface area contributed by atoms with Crippen molar-refractivity contribution in [3.05, 3.63) is 34.3 Å². The Morgan fingerprint density at radius 2 is 2.06 bits per heavy atom. The minimum Gasteiger partial charge on any atom is -0.481 e. The van der Waals surface area contributed by atoms with E-state index in [-0.39, 0.29) is 11.8 Å². The summed E-state index contributed by atoms with van der Waals surface area (Å²) in [6, 6.07) is 8.01. The van der Waals surface area contributed by atoms with Crippen LogP contribution >= 0.6 is 15.9 Å². The van der Waals surface area contributed by atoms with Gasteiger partial charge in [0.25, 0.3) is 0 Å². The third kappa shape index (κ3) is 2.87. The highest BCUT2D eigenvalue weighted by atomic mass is 79.9. The first-order valence-electron chi connectivity index (χ1n) is 5.74. The van der Waals surface area contributed by atoms with Crippen LogP contribution in [0.15, 0.2) is 28.7 Å². The van der Waals surface area contributed by atoms with Crippen molar-refractivity contribution in [3.8, 4) is 0 Å². The fourth-order valence-corrected chi connectivity index (χ4v) is 2.74. The molecule has 0 spiro atoms. The summed E-state index contributed by atoms with van der Waals surface area (Å²) in [5.41, 5.74) is 1.13. The molecule has 2 rings (SSSR count). The van der Waals surface area contributed by atoms with E-state index in [1.807, 2.05) is 31.3 Å². The first-order valence-corrected chi connectivity index (χ1v) is 6.54. The number of hydrogen-bond acceptors (Lipinski definition) is 2. The number of rotatable bonds is 2. The number of halogens is 1. The highest BCUT2D eigenvalue weighted by Crippen LogP contribution is 2.33. The van der Waals surface area contributed by atoms with Crippen LogP contribution in [0.2, 0.25) is 0 Å². The molecule has 2 atom stereocenters. The molecular formula is C13H16BrNO2. The summed E-state index contributed by atoms with van der Waals surface area (Å²) in [6.45, 7) is 1.60. The molecule has 3 nitrogen and oxygen atoms in total. The number of likely N-dealkylation sites (tertiary alicyclic amines) is 1. The lowest BCUT2D eigenvalue weighted by atomic mass is 9.80. The highest BCUT2D eigenvalue weighted by Gasteiger charge is 2.33. The number of nitrogens with zero attached hydrogens (tertiary/aromatic N) is 1. The second kappa shape index (κ2) is 5.19. The Balaban J connectivity index is 2.23. The van der Waals surface area contributed by atoms with Crippen molar-refractivity contribution in [2.75, 3.05) is 20.1 Å². The summed E-state index contributed by atoms with van der Waals surface area (Å²) in [7, 11) is 1.98. The quantitative estimate of drug-likeness (QED) is 0.912. The number of aliphatic carboxylic acids is 1. The number of carbonyl (C=O) groups is 1. The Bertz CT molecular complexity index is 404. The van der Waals surface area contributed by atoms with Gasteiger partial charge in [-0.15, -0.1) is 0 Å². The first-order chi connectivity index (χ1) is 8.08. The van der Waals surface area contributed by atoms with E-state index in [2.05, 4.69) is 20.8 Å². The average Bonchev–Trinajstić information content (AvgIpc) is 2.30. The van der Waals surface area contributed by atoms with Crippen LogP contribution in [0.25, 0.3) is 0 Å². The molecule has 0 aromatic heterocycles. The summed E-state index contributed by atoms with van der Waals surface area (Å²) in [4.78, 5) is 13.4. The van der Waals surface area contributed by atoms with Gasteiger partial charge in [-0.25, -0.2) is 0 Å². The van der Waals surface area contributed by atoms with E-state index in [0.29, 0.717) is 6.54 Å². The van der Waals surface area contributed by atoms with Crippen LogP contribution in [-0.4, -0.2) is 36.1 Å². The van der Waals surface area contributed by atoms with E-state index in [1.54, 1.807) is 0 Å². The van der Waals surface area contributed by atoms with Crippen LogP contribution < -0.4 is 0 Å². The number of carboxylic acids is 1. The third-order valence-corrected chi connectivity index (χ3v) is 3.96. The standard InChI is InChI=1S/C13H16BrNO2/c1-15-7-6-11(12(8-15)13(16)17)9-2-4-10(14)5-3-9/h2-5,11-12H,6-8H2,1H3,(H,16,17)/t11-,12+/m1/s1. The summed E-state index contributed by atoms with van der Waals surface area (Å²) in [5, 5.41) is 9.31. The second-order valence-electron chi connectivity index (χ2n) is 4.65. The van der Waals surface area contributed by atoms with Gasteiger partial charge in [0.05, 0.1) is 5.92 Å². The Morgan fingerprint density at radius 3 is 2.65 bits per heavy atom. The summed E-state index contributed by atoms with van der Waals surface area (Å²) in [5.74, 6) is -0.851. The Morgan fingerprint density at radius 1 is 1.41 bits per heavy atom. The van der Waals surface area contributed by atoms with Gasteiger partial charge in [0.2, 0.25) is 0 Å². The summed E-state index contributed by atoms with van der Waals surface area (Å²) in [6.07, 6.45) is 0.912. The topological polar surface area (TPSA) is 40.5 Å². The number of benzene rings is 1. The SMILES string of the molecule is CN1CC[C@H](c2ccc(Br)cc2)[C@@H](C(=O)O)C1. The Hall–Kier alpha value is -0.870. The molecule has 1 aliphatic heterocycles. The van der Waals surface area contributed by atoms with Crippen molar-refractivity contribution in [2.24, 2.45) is 5.92 Å². The van der Waals surface area contributed by atoms with E-state index < -0.39 is 5.97 Å². The van der Waals surface area contributed by atoms with Crippen molar-refractivity contribution in [1.29, 1.82) is 0 Å². The van der Waals surface area contributed by atoms with Crippen molar-refractivity contribution < 1.29 is 9.90 Å². The fourth-order valence-electron chi connectivity index (χ4n) is 2.47. The van der Waals surface area contributed by atoms with E-state index in [1.165, 1.54) is 0 Å². The molecule has 1 saturated heterocycles. The molecule has 0 bridgehead atoms. The van der Waals surface area contributed by atoms with Crippen molar-refractivity contribution >= 4 is 21.9 Å². The zero-order valence-electron chi connectivity index (χ0n) is 9.77. The zero-order chi connectivity index (χ0) is 12.4. The number of hydrogen-bond donors (Lipinski definition) is 1. The smallest absolute Gasteiger partial charge is 0.308 e. The maximum Gasteiger partial charge on any atom is 0.308 e. The van der Waals surface area contributed by atoms with Crippen LogP contribution in [0.4, 0.5) is 0 Å². The van der Waals surface area contributed by atoms with Gasteiger partial charge in [0, 0.05) is 11.0 Å². The minimum absolute atomic E-state index is 0.136. The van der Waals surface area contributed by atoms with Gasteiger partial charge in [0.1, 0.15) is 0 Å². The van der Waals surface area contributed by atoms with E-state index in [9.17, 15) is 9.90 Å². The molecule has 0 amide bonds. The zero-order valence-corrected chi connectivity index (χ0v) is 11.4. The number of carboxylic acid groups (broad SMARTS) is 1. The number of piperidine rings is 1. The lowest BCUT2D eigenvalue weighted by Gasteiger charge is -2.34. The molecule has 0 radical (unpaired) electrons. The van der Waals surface area contributed by atoms with Gasteiger partial charge >= 0.3 is 5.97 Å². The van der Waals surface area contributed by atoms with Gasteiger partial charge in [-0.1, -0.05) is 28.1 Å². The molecule has 1 fully saturated rings. The molecule has 0 aliphatic carbocycles. The van der Waals surface area contributed by atoms with Crippen molar-refractivity contribution in [1.82, 2.24) is 4.90 Å². The van der Waals surface area contributed by atoms with Crippen LogP contribution in [-0.2, 0) is 4.79 Å². The molecule has 0 saturated carbocycles. The average molecular weight is 298 g/mol. The molecule has 1 N–H and O–H groups in total. The van der Waals surface area contributed by atoms with E-state index in [0.717, 1.165) is 23.0 Å². The van der Waals surface area contributed by atoms with Crippen LogP contribution in [0.3, 0.4) is 0 Å². The van der Waals surface area contributed by atoms with Crippen molar-refractivity contribution in [2.45, 2.75) is 12.3 Å². The largest absolute Gasteiger partial charge is 0.481 e. The van der Waals surface area contributed by atoms with Gasteiger partial charge in [-0.05, 0) is 43.6 Å². The van der Waals surface area contributed by atoms with Crippen LogP contribution in [0, 0.1) is 5.92 Å². The second-order valence-corrected chi connectivity index (χ2v) is 5.57. The molecule has 4 heteroatoms. The van der Waals surface area contributed by atoms with Gasteiger partial charge in [-0.3, -0.25) is 4.79 Å². The molecule has 1 heterocycles. The van der Waals surface area contributed by atoms with Gasteiger partial charge < -0.3 is 10.0 Å². The molecule has 1 aliphatic rings. The predicted molar refractivity (Wildman–Crippen MR) is 70.1 cm³/mol. The van der Waals surface area contributed by atoms with Crippen LogP contribution in [0.5, 0.6) is 0 Å². The predicted octanol–water partition coefficient (Wildman–Crippen LogP) is 2.57. The molecular weight excluding hydrogens is 282 g/mol. The summed E-state index contributed by atoms with van der Waals surface area (Å²) >= 11 is 3.40. The van der Waals surface area contributed by atoms with E-state index >= 15 is 0 Å². The highest BCUT2D eigenvalue weighted by molar-refractivity contribution is 9.10.